The normalized spacial score (nSPS) is 15.0. The van der Waals surface area contributed by atoms with Gasteiger partial charge in [-0.3, -0.25) is 0 Å². The Balaban J connectivity index is 1.07. The van der Waals surface area contributed by atoms with Crippen molar-refractivity contribution in [2.45, 2.75) is 38.5 Å². The molecule has 0 saturated heterocycles. The molecule has 2 aliphatic rings. The van der Waals surface area contributed by atoms with Gasteiger partial charge in [-0.25, -0.2) is 0 Å². The Morgan fingerprint density at radius 2 is 0.574 bits per heavy atom. The van der Waals surface area contributed by atoms with Crippen molar-refractivity contribution in [3.63, 3.8) is 0 Å². The summed E-state index contributed by atoms with van der Waals surface area (Å²) in [4.78, 5) is 0. The highest BCUT2D eigenvalue weighted by Crippen LogP contribution is 2.56. The van der Waals surface area contributed by atoms with E-state index in [9.17, 15) is 0 Å². The van der Waals surface area contributed by atoms with Gasteiger partial charge in [0, 0.05) is 10.8 Å². The average Bonchev–Trinajstić information content (AvgIpc) is 3.59. The van der Waals surface area contributed by atoms with Crippen LogP contribution in [-0.2, 0) is 10.8 Å². The van der Waals surface area contributed by atoms with Crippen LogP contribution in [0.4, 0.5) is 0 Å². The van der Waals surface area contributed by atoms with E-state index in [0.29, 0.717) is 0 Å². The van der Waals surface area contributed by atoms with E-state index in [0.717, 1.165) is 0 Å². The molecule has 2 aliphatic carbocycles. The fraction of sp³-hybridized carbons (Fsp3) is 0.111. The molecule has 54 heavy (non-hydrogen) atoms. The van der Waals surface area contributed by atoms with Gasteiger partial charge < -0.3 is 0 Å². The number of benzene rings is 10. The Kier molecular flexibility index (Phi) is 5.74. The predicted molar refractivity (Wildman–Crippen MR) is 232 cm³/mol. The molecule has 0 aliphatic heterocycles. The molecule has 0 N–H and O–H groups in total. The van der Waals surface area contributed by atoms with Crippen LogP contribution in [0.15, 0.2) is 158 Å². The van der Waals surface area contributed by atoms with Crippen molar-refractivity contribution in [3.8, 4) is 33.4 Å². The molecule has 0 aromatic heterocycles. The zero-order chi connectivity index (χ0) is 36.1. The SMILES string of the molecule is CC1(C)c2ccc(-c3ccc4c(c3)-c3ccc5c6ccccc6c6ccccc6c5c3C4(C)C)cc2-c2ccc3c4ccccc4c4ccccc4c3c21. The Labute approximate surface area is 315 Å². The Hall–Kier alpha value is -6.24. The van der Waals surface area contributed by atoms with E-state index >= 15 is 0 Å². The molecule has 0 unspecified atom stereocenters. The average molecular weight is 687 g/mol. The van der Waals surface area contributed by atoms with Gasteiger partial charge in [0.05, 0.1) is 0 Å². The first kappa shape index (κ1) is 30.2. The summed E-state index contributed by atoms with van der Waals surface area (Å²) < 4.78 is 0. The fourth-order valence-electron chi connectivity index (χ4n) is 11.0. The largest absolute Gasteiger partial charge is 0.0616 e. The number of fused-ring (bicyclic) bond motifs is 20. The van der Waals surface area contributed by atoms with Gasteiger partial charge in [0.15, 0.2) is 0 Å². The summed E-state index contributed by atoms with van der Waals surface area (Å²) in [6.07, 6.45) is 0. The van der Waals surface area contributed by atoms with Crippen LogP contribution in [0.5, 0.6) is 0 Å². The smallest absolute Gasteiger partial charge is 0.0165 e. The van der Waals surface area contributed by atoms with E-state index < -0.39 is 0 Å². The van der Waals surface area contributed by atoms with Crippen molar-refractivity contribution in [1.29, 1.82) is 0 Å². The minimum absolute atomic E-state index is 0.136. The minimum atomic E-state index is -0.136. The second-order valence-electron chi connectivity index (χ2n) is 16.8. The van der Waals surface area contributed by atoms with Crippen LogP contribution in [0.25, 0.3) is 98.0 Å². The lowest BCUT2D eigenvalue weighted by Gasteiger charge is -2.25. The number of hydrogen-bond acceptors (Lipinski definition) is 0. The Morgan fingerprint density at radius 1 is 0.278 bits per heavy atom. The van der Waals surface area contributed by atoms with Crippen LogP contribution in [-0.4, -0.2) is 0 Å². The molecule has 0 saturated carbocycles. The quantitative estimate of drug-likeness (QED) is 0.151. The van der Waals surface area contributed by atoms with E-state index in [1.165, 1.54) is 120 Å². The van der Waals surface area contributed by atoms with Crippen molar-refractivity contribution >= 4 is 64.6 Å². The Morgan fingerprint density at radius 3 is 0.926 bits per heavy atom. The molecule has 10 aromatic rings. The summed E-state index contributed by atoms with van der Waals surface area (Å²) in [7, 11) is 0. The maximum atomic E-state index is 2.47. The van der Waals surface area contributed by atoms with Gasteiger partial charge in [-0.15, -0.1) is 0 Å². The molecule has 0 fully saturated rings. The van der Waals surface area contributed by atoms with Crippen LogP contribution in [0, 0.1) is 0 Å². The monoisotopic (exact) mass is 686 g/mol. The highest BCUT2D eigenvalue weighted by atomic mass is 14.4. The third-order valence-corrected chi connectivity index (χ3v) is 13.4. The summed E-state index contributed by atoms with van der Waals surface area (Å²) >= 11 is 0. The van der Waals surface area contributed by atoms with Crippen molar-refractivity contribution in [2.75, 3.05) is 0 Å². The summed E-state index contributed by atoms with van der Waals surface area (Å²) in [6.45, 7) is 9.69. The summed E-state index contributed by atoms with van der Waals surface area (Å²) in [5.74, 6) is 0. The molecule has 254 valence electrons. The topological polar surface area (TPSA) is 0 Å². The number of rotatable bonds is 1. The molecular weight excluding hydrogens is 649 g/mol. The van der Waals surface area contributed by atoms with Gasteiger partial charge in [0.2, 0.25) is 0 Å². The van der Waals surface area contributed by atoms with Crippen LogP contribution < -0.4 is 0 Å². The molecule has 0 heteroatoms. The first-order valence-electron chi connectivity index (χ1n) is 19.4. The molecular formula is C54H38. The van der Waals surface area contributed by atoms with Gasteiger partial charge in [-0.05, 0) is 132 Å². The number of hydrogen-bond donors (Lipinski definition) is 0. The van der Waals surface area contributed by atoms with Gasteiger partial charge in [0.25, 0.3) is 0 Å². The zero-order valence-electron chi connectivity index (χ0n) is 31.0. The standard InChI is InChI=1S/C54H38/c1-53(2)47-27-21-31(29-45(47)43-25-23-41-37-17-7-5-13-33(37)35-15-9-11-19-39(35)49(41)51(43)53)32-22-28-48-46(30-32)44-26-24-42-38-18-8-6-14-34(38)36-16-10-12-20-40(36)50(42)52(44)54(48,3)4/h5-30H,1-4H3. The van der Waals surface area contributed by atoms with Crippen molar-refractivity contribution in [1.82, 2.24) is 0 Å². The highest BCUT2D eigenvalue weighted by Gasteiger charge is 2.39. The van der Waals surface area contributed by atoms with Crippen LogP contribution in [0.2, 0.25) is 0 Å². The van der Waals surface area contributed by atoms with Crippen molar-refractivity contribution < 1.29 is 0 Å². The summed E-state index contributed by atoms with van der Waals surface area (Å²) in [5.41, 5.74) is 13.4. The first-order valence-corrected chi connectivity index (χ1v) is 19.4. The zero-order valence-corrected chi connectivity index (χ0v) is 31.0. The molecule has 12 rings (SSSR count). The van der Waals surface area contributed by atoms with Crippen LogP contribution >= 0.6 is 0 Å². The second kappa shape index (κ2) is 10.2. The van der Waals surface area contributed by atoms with E-state index in [2.05, 4.69) is 185 Å². The molecule has 0 spiro atoms. The van der Waals surface area contributed by atoms with E-state index in [1.54, 1.807) is 0 Å². The van der Waals surface area contributed by atoms with E-state index in [4.69, 9.17) is 0 Å². The van der Waals surface area contributed by atoms with Crippen LogP contribution in [0.3, 0.4) is 0 Å². The van der Waals surface area contributed by atoms with Gasteiger partial charge >= 0.3 is 0 Å². The lowest BCUT2D eigenvalue weighted by Crippen LogP contribution is -2.16. The molecule has 0 nitrogen and oxygen atoms in total. The van der Waals surface area contributed by atoms with Gasteiger partial charge in [-0.1, -0.05) is 173 Å². The highest BCUT2D eigenvalue weighted by molar-refractivity contribution is 6.29. The second-order valence-corrected chi connectivity index (χ2v) is 16.8. The van der Waals surface area contributed by atoms with Gasteiger partial charge in [0.1, 0.15) is 0 Å². The van der Waals surface area contributed by atoms with E-state index in [1.807, 2.05) is 0 Å². The lowest BCUT2D eigenvalue weighted by molar-refractivity contribution is 0.666. The van der Waals surface area contributed by atoms with Crippen molar-refractivity contribution in [2.24, 2.45) is 0 Å². The minimum Gasteiger partial charge on any atom is -0.0616 e. The predicted octanol–water partition coefficient (Wildman–Crippen LogP) is 14.9. The fourth-order valence-corrected chi connectivity index (χ4v) is 11.0. The maximum absolute atomic E-state index is 2.47. The first-order chi connectivity index (χ1) is 26.3. The molecule has 0 amide bonds. The van der Waals surface area contributed by atoms with E-state index in [-0.39, 0.29) is 10.8 Å². The third kappa shape index (κ3) is 3.68. The third-order valence-electron chi connectivity index (χ3n) is 13.4. The Bertz CT molecular complexity index is 3020. The van der Waals surface area contributed by atoms with Crippen LogP contribution in [0.1, 0.15) is 49.9 Å². The maximum Gasteiger partial charge on any atom is 0.0165 e. The molecule has 0 heterocycles. The van der Waals surface area contributed by atoms with Gasteiger partial charge in [-0.2, -0.15) is 0 Å². The lowest BCUT2D eigenvalue weighted by atomic mass is 9.78. The molecule has 0 atom stereocenters. The molecule has 10 aromatic carbocycles. The summed E-state index contributed by atoms with van der Waals surface area (Å²) in [6, 6.07) is 59.9. The molecule has 0 radical (unpaired) electrons. The van der Waals surface area contributed by atoms with Crippen molar-refractivity contribution in [3.05, 3.63) is 180 Å². The molecule has 0 bridgehead atoms. The summed E-state index contributed by atoms with van der Waals surface area (Å²) in [5, 5.41) is 16.1.